The number of aromatic nitrogens is 1. The van der Waals surface area contributed by atoms with Gasteiger partial charge in [-0.15, -0.1) is 0 Å². The number of halogens is 1. The number of aliphatic imine (C=N–C) groups is 1. The Morgan fingerprint density at radius 2 is 1.97 bits per heavy atom. The molecule has 0 aliphatic carbocycles. The Labute approximate surface area is 185 Å². The molecule has 1 aromatic heterocycles. The molecule has 31 heavy (non-hydrogen) atoms. The van der Waals surface area contributed by atoms with E-state index in [0.717, 1.165) is 56.3 Å². The predicted molar refractivity (Wildman–Crippen MR) is 122 cm³/mol. The summed E-state index contributed by atoms with van der Waals surface area (Å²) < 4.78 is 19.7. The number of benzene rings is 1. The third-order valence-corrected chi connectivity index (χ3v) is 5.63. The van der Waals surface area contributed by atoms with Crippen molar-refractivity contribution in [3.05, 3.63) is 53.5 Å². The first kappa shape index (κ1) is 23.3. The zero-order valence-corrected chi connectivity index (χ0v) is 19.2. The number of likely N-dealkylation sites (tertiary alicyclic amines) is 1. The zero-order valence-electron chi connectivity index (χ0n) is 19.2. The van der Waals surface area contributed by atoms with Crippen molar-refractivity contribution in [2.75, 3.05) is 26.2 Å². The molecule has 0 saturated carbocycles. The molecule has 2 N–H and O–H groups in total. The molecule has 0 bridgehead atoms. The fraction of sp³-hybridized carbons (Fsp3) is 0.583. The topological polar surface area (TPSA) is 65.7 Å². The Balaban J connectivity index is 1.45. The molecule has 0 atom stereocenters. The van der Waals surface area contributed by atoms with Gasteiger partial charge in [-0.2, -0.15) is 0 Å². The van der Waals surface area contributed by atoms with Gasteiger partial charge in [-0.05, 0) is 44.8 Å². The second-order valence-corrected chi connectivity index (χ2v) is 9.26. The van der Waals surface area contributed by atoms with Gasteiger partial charge in [-0.25, -0.2) is 14.4 Å². The van der Waals surface area contributed by atoms with Gasteiger partial charge in [-0.1, -0.05) is 39.0 Å². The van der Waals surface area contributed by atoms with E-state index < -0.39 is 0 Å². The predicted octanol–water partition coefficient (Wildman–Crippen LogP) is 4.08. The van der Waals surface area contributed by atoms with Crippen LogP contribution in [0.25, 0.3) is 0 Å². The van der Waals surface area contributed by atoms with E-state index in [1.54, 1.807) is 12.3 Å². The average Bonchev–Trinajstić information content (AvgIpc) is 3.22. The van der Waals surface area contributed by atoms with Gasteiger partial charge in [0.15, 0.2) is 5.96 Å². The minimum atomic E-state index is -0.113. The summed E-state index contributed by atoms with van der Waals surface area (Å²) in [4.78, 5) is 11.3. The molecule has 7 heteroatoms. The Morgan fingerprint density at radius 3 is 2.61 bits per heavy atom. The van der Waals surface area contributed by atoms with Crippen LogP contribution in [0.1, 0.15) is 57.8 Å². The maximum atomic E-state index is 13.9. The van der Waals surface area contributed by atoms with Gasteiger partial charge in [0, 0.05) is 30.6 Å². The van der Waals surface area contributed by atoms with Crippen molar-refractivity contribution in [3.8, 4) is 0 Å². The number of nitrogens with one attached hydrogen (secondary N) is 2. The number of piperidine rings is 1. The van der Waals surface area contributed by atoms with E-state index in [1.165, 1.54) is 6.07 Å². The second kappa shape index (κ2) is 10.8. The number of oxazole rings is 1. The van der Waals surface area contributed by atoms with Gasteiger partial charge in [0.25, 0.3) is 0 Å². The van der Waals surface area contributed by atoms with Crippen LogP contribution in [0, 0.1) is 11.7 Å². The normalized spacial score (nSPS) is 16.5. The summed E-state index contributed by atoms with van der Waals surface area (Å²) in [7, 11) is 0. The molecule has 0 radical (unpaired) electrons. The van der Waals surface area contributed by atoms with Crippen LogP contribution >= 0.6 is 0 Å². The minimum absolute atomic E-state index is 0.0567. The Kier molecular flexibility index (Phi) is 8.07. The lowest BCUT2D eigenvalue weighted by atomic mass is 9.94. The highest BCUT2D eigenvalue weighted by molar-refractivity contribution is 5.79. The summed E-state index contributed by atoms with van der Waals surface area (Å²) in [6.07, 6.45) is 3.98. The maximum absolute atomic E-state index is 13.9. The lowest BCUT2D eigenvalue weighted by Gasteiger charge is -2.32. The fourth-order valence-corrected chi connectivity index (χ4v) is 3.68. The maximum Gasteiger partial charge on any atom is 0.216 e. The number of hydrogen-bond acceptors (Lipinski definition) is 4. The molecule has 1 saturated heterocycles. The highest BCUT2D eigenvalue weighted by atomic mass is 19.1. The molecular weight excluding hydrogens is 393 g/mol. The molecule has 2 heterocycles. The molecule has 6 nitrogen and oxygen atoms in total. The number of nitrogens with zero attached hydrogens (tertiary/aromatic N) is 3. The summed E-state index contributed by atoms with van der Waals surface area (Å²) in [6, 6.07) is 7.06. The molecule has 1 aliphatic heterocycles. The van der Waals surface area contributed by atoms with Crippen molar-refractivity contribution in [3.63, 3.8) is 0 Å². The van der Waals surface area contributed by atoms with Crippen molar-refractivity contribution in [1.29, 1.82) is 0 Å². The van der Waals surface area contributed by atoms with E-state index >= 15 is 0 Å². The molecule has 0 spiro atoms. The Hall–Kier alpha value is -2.41. The first-order valence-corrected chi connectivity index (χ1v) is 11.3. The van der Waals surface area contributed by atoms with Crippen LogP contribution in [0.5, 0.6) is 0 Å². The first-order valence-electron chi connectivity index (χ1n) is 11.3. The van der Waals surface area contributed by atoms with Crippen molar-refractivity contribution >= 4 is 5.96 Å². The molecule has 1 fully saturated rings. The summed E-state index contributed by atoms with van der Waals surface area (Å²) in [5.41, 5.74) is 0.723. The summed E-state index contributed by atoms with van der Waals surface area (Å²) in [6.45, 7) is 13.1. The van der Waals surface area contributed by atoms with Gasteiger partial charge in [0.2, 0.25) is 5.89 Å². The standard InChI is InChI=1S/C24H36FN5O/c1-5-26-23(29-16-22-27-15-21(31-22)24(2,3)4)28-14-18-10-12-30(13-11-18)17-19-8-6-7-9-20(19)25/h6-9,15,18H,5,10-14,16-17H2,1-4H3,(H2,26,28,29). The van der Waals surface area contributed by atoms with Crippen LogP contribution in [-0.4, -0.2) is 42.0 Å². The molecule has 1 aliphatic rings. The Morgan fingerprint density at radius 1 is 1.23 bits per heavy atom. The molecule has 1 aromatic carbocycles. The average molecular weight is 430 g/mol. The van der Waals surface area contributed by atoms with Gasteiger partial charge >= 0.3 is 0 Å². The van der Waals surface area contributed by atoms with E-state index in [4.69, 9.17) is 4.42 Å². The lowest BCUT2D eigenvalue weighted by molar-refractivity contribution is 0.176. The summed E-state index contributed by atoms with van der Waals surface area (Å²) in [5, 5.41) is 6.76. The largest absolute Gasteiger partial charge is 0.443 e. The van der Waals surface area contributed by atoms with Crippen molar-refractivity contribution < 1.29 is 8.81 Å². The quantitative estimate of drug-likeness (QED) is 0.513. The Bertz CT molecular complexity index is 850. The SMILES string of the molecule is CCNC(=NCc1ncc(C(C)(C)C)o1)NCC1CCN(Cc2ccccc2F)CC1. The second-order valence-electron chi connectivity index (χ2n) is 9.26. The highest BCUT2D eigenvalue weighted by Gasteiger charge is 2.21. The first-order chi connectivity index (χ1) is 14.8. The van der Waals surface area contributed by atoms with E-state index in [1.807, 2.05) is 12.1 Å². The molecular formula is C24H36FN5O. The smallest absolute Gasteiger partial charge is 0.216 e. The molecule has 170 valence electrons. The third kappa shape index (κ3) is 7.06. The summed E-state index contributed by atoms with van der Waals surface area (Å²) >= 11 is 0. The van der Waals surface area contributed by atoms with Gasteiger partial charge in [-0.3, -0.25) is 4.90 Å². The van der Waals surface area contributed by atoms with Gasteiger partial charge in [0.1, 0.15) is 18.1 Å². The highest BCUT2D eigenvalue weighted by Crippen LogP contribution is 2.23. The number of hydrogen-bond donors (Lipinski definition) is 2. The van der Waals surface area contributed by atoms with Crippen molar-refractivity contribution in [2.24, 2.45) is 10.9 Å². The van der Waals surface area contributed by atoms with Gasteiger partial charge in [0.05, 0.1) is 6.20 Å². The van der Waals surface area contributed by atoms with E-state index in [9.17, 15) is 4.39 Å². The zero-order chi connectivity index (χ0) is 22.3. The number of guanidine groups is 1. The van der Waals surface area contributed by atoms with Gasteiger partial charge < -0.3 is 15.1 Å². The van der Waals surface area contributed by atoms with Crippen molar-refractivity contribution in [1.82, 2.24) is 20.5 Å². The van der Waals surface area contributed by atoms with Crippen LogP contribution < -0.4 is 10.6 Å². The molecule has 2 aromatic rings. The van der Waals surface area contributed by atoms with Crippen LogP contribution in [0.3, 0.4) is 0 Å². The van der Waals surface area contributed by atoms with Crippen LogP contribution in [-0.2, 0) is 18.5 Å². The van der Waals surface area contributed by atoms with E-state index in [2.05, 4.69) is 53.2 Å². The van der Waals surface area contributed by atoms with Crippen LogP contribution in [0.15, 0.2) is 39.9 Å². The molecule has 3 rings (SSSR count). The minimum Gasteiger partial charge on any atom is -0.443 e. The molecule has 0 unspecified atom stereocenters. The number of rotatable bonds is 7. The van der Waals surface area contributed by atoms with Crippen LogP contribution in [0.4, 0.5) is 4.39 Å². The van der Waals surface area contributed by atoms with Crippen LogP contribution in [0.2, 0.25) is 0 Å². The van der Waals surface area contributed by atoms with E-state index in [0.29, 0.717) is 24.9 Å². The third-order valence-electron chi connectivity index (χ3n) is 5.63. The summed E-state index contributed by atoms with van der Waals surface area (Å²) in [5.74, 6) is 2.75. The van der Waals surface area contributed by atoms with Crippen molar-refractivity contribution in [2.45, 2.75) is 59.0 Å². The lowest BCUT2D eigenvalue weighted by Crippen LogP contribution is -2.42. The fourth-order valence-electron chi connectivity index (χ4n) is 3.68. The molecule has 0 amide bonds. The van der Waals surface area contributed by atoms with E-state index in [-0.39, 0.29) is 11.2 Å². The monoisotopic (exact) mass is 429 g/mol.